The van der Waals surface area contributed by atoms with Crippen molar-refractivity contribution in [3.8, 4) is 17.9 Å². The highest BCUT2D eigenvalue weighted by Gasteiger charge is 2.05. The lowest BCUT2D eigenvalue weighted by molar-refractivity contribution is 0.413. The second-order valence-corrected chi connectivity index (χ2v) is 5.22. The van der Waals surface area contributed by atoms with Gasteiger partial charge in [-0.25, -0.2) is 0 Å². The van der Waals surface area contributed by atoms with Crippen molar-refractivity contribution in [1.29, 1.82) is 10.5 Å². The summed E-state index contributed by atoms with van der Waals surface area (Å²) < 4.78 is 5.97. The molecule has 0 unspecified atom stereocenters. The van der Waals surface area contributed by atoms with Crippen LogP contribution in [0.4, 0.5) is 5.69 Å². The van der Waals surface area contributed by atoms with Crippen molar-refractivity contribution in [2.45, 2.75) is 6.54 Å². The predicted octanol–water partition coefficient (Wildman–Crippen LogP) is 3.81. The first-order valence-electron chi connectivity index (χ1n) is 6.18. The Bertz CT molecular complexity index is 744. The third-order valence-corrected chi connectivity index (χ3v) is 3.46. The van der Waals surface area contributed by atoms with E-state index in [9.17, 15) is 0 Å². The molecule has 0 aliphatic heterocycles. The molecule has 0 saturated carbocycles. The SMILES string of the molecule is COc1ccc(CNc2ccc(Br)cc2C#N)cc1C#N. The number of rotatable bonds is 4. The number of nitrogens with zero attached hydrogens (tertiary/aromatic N) is 2. The van der Waals surface area contributed by atoms with Gasteiger partial charge >= 0.3 is 0 Å². The van der Waals surface area contributed by atoms with Crippen LogP contribution in [-0.4, -0.2) is 7.11 Å². The van der Waals surface area contributed by atoms with E-state index in [0.29, 0.717) is 23.4 Å². The summed E-state index contributed by atoms with van der Waals surface area (Å²) in [6, 6.07) is 15.2. The van der Waals surface area contributed by atoms with Crippen LogP contribution in [0.1, 0.15) is 16.7 Å². The van der Waals surface area contributed by atoms with Crippen LogP contribution in [0.2, 0.25) is 0 Å². The van der Waals surface area contributed by atoms with Gasteiger partial charge in [-0.1, -0.05) is 22.0 Å². The lowest BCUT2D eigenvalue weighted by Crippen LogP contribution is -2.02. The molecule has 0 bridgehead atoms. The molecule has 2 rings (SSSR count). The lowest BCUT2D eigenvalue weighted by atomic mass is 10.1. The number of nitriles is 2. The number of nitrogens with one attached hydrogen (secondary N) is 1. The van der Waals surface area contributed by atoms with Crippen molar-refractivity contribution in [2.75, 3.05) is 12.4 Å². The van der Waals surface area contributed by atoms with Gasteiger partial charge in [-0.05, 0) is 35.9 Å². The molecule has 5 heteroatoms. The van der Waals surface area contributed by atoms with Gasteiger partial charge in [0.15, 0.2) is 0 Å². The van der Waals surface area contributed by atoms with E-state index in [1.165, 1.54) is 7.11 Å². The average molecular weight is 342 g/mol. The Morgan fingerprint density at radius 3 is 2.52 bits per heavy atom. The molecular weight excluding hydrogens is 330 g/mol. The minimum absolute atomic E-state index is 0.494. The molecule has 0 heterocycles. The molecule has 0 aliphatic rings. The number of hydrogen-bond acceptors (Lipinski definition) is 4. The van der Waals surface area contributed by atoms with Crippen molar-refractivity contribution in [3.05, 3.63) is 57.6 Å². The summed E-state index contributed by atoms with van der Waals surface area (Å²) in [6.45, 7) is 0.523. The Labute approximate surface area is 131 Å². The molecule has 1 N–H and O–H groups in total. The molecule has 0 radical (unpaired) electrons. The second-order valence-electron chi connectivity index (χ2n) is 4.30. The highest BCUT2D eigenvalue weighted by molar-refractivity contribution is 9.10. The molecule has 104 valence electrons. The number of hydrogen-bond donors (Lipinski definition) is 1. The molecular formula is C16H12BrN3O. The topological polar surface area (TPSA) is 68.8 Å². The van der Waals surface area contributed by atoms with E-state index in [2.05, 4.69) is 33.4 Å². The van der Waals surface area contributed by atoms with Crippen LogP contribution in [0.5, 0.6) is 5.75 Å². The summed E-state index contributed by atoms with van der Waals surface area (Å²) in [7, 11) is 1.54. The summed E-state index contributed by atoms with van der Waals surface area (Å²) in [6.07, 6.45) is 0. The van der Waals surface area contributed by atoms with E-state index < -0.39 is 0 Å². The molecule has 0 aromatic heterocycles. The molecule has 2 aromatic rings. The Balaban J connectivity index is 2.18. The van der Waals surface area contributed by atoms with Crippen LogP contribution in [0, 0.1) is 22.7 Å². The van der Waals surface area contributed by atoms with E-state index in [-0.39, 0.29) is 0 Å². The van der Waals surface area contributed by atoms with Crippen LogP contribution >= 0.6 is 15.9 Å². The first-order chi connectivity index (χ1) is 10.2. The minimum atomic E-state index is 0.494. The van der Waals surface area contributed by atoms with Crippen LogP contribution < -0.4 is 10.1 Å². The van der Waals surface area contributed by atoms with Crippen molar-refractivity contribution >= 4 is 21.6 Å². The van der Waals surface area contributed by atoms with Crippen LogP contribution in [-0.2, 0) is 6.54 Å². The maximum absolute atomic E-state index is 9.12. The van der Waals surface area contributed by atoms with E-state index in [4.69, 9.17) is 15.3 Å². The monoisotopic (exact) mass is 341 g/mol. The van der Waals surface area contributed by atoms with E-state index >= 15 is 0 Å². The number of halogens is 1. The van der Waals surface area contributed by atoms with Crippen molar-refractivity contribution in [1.82, 2.24) is 0 Å². The van der Waals surface area contributed by atoms with Gasteiger partial charge < -0.3 is 10.1 Å². The zero-order valence-electron chi connectivity index (χ0n) is 11.4. The molecule has 0 fully saturated rings. The minimum Gasteiger partial charge on any atom is -0.495 e. The Hall–Kier alpha value is -2.50. The van der Waals surface area contributed by atoms with Gasteiger partial charge in [-0.15, -0.1) is 0 Å². The highest BCUT2D eigenvalue weighted by atomic mass is 79.9. The number of anilines is 1. The van der Waals surface area contributed by atoms with Crippen LogP contribution in [0.15, 0.2) is 40.9 Å². The Morgan fingerprint density at radius 1 is 1.10 bits per heavy atom. The third kappa shape index (κ3) is 3.53. The summed E-state index contributed by atoms with van der Waals surface area (Å²) in [5.74, 6) is 0.558. The van der Waals surface area contributed by atoms with Gasteiger partial charge in [0.05, 0.1) is 23.9 Å². The van der Waals surface area contributed by atoms with Crippen LogP contribution in [0.3, 0.4) is 0 Å². The normalized spacial score (nSPS) is 9.52. The molecule has 0 saturated heterocycles. The van der Waals surface area contributed by atoms with E-state index in [1.54, 1.807) is 18.2 Å². The maximum Gasteiger partial charge on any atom is 0.136 e. The second kappa shape index (κ2) is 6.78. The summed E-state index contributed by atoms with van der Waals surface area (Å²) in [5, 5.41) is 21.4. The molecule has 2 aromatic carbocycles. The van der Waals surface area contributed by atoms with Crippen LogP contribution in [0.25, 0.3) is 0 Å². The average Bonchev–Trinajstić information content (AvgIpc) is 2.53. The Kier molecular flexibility index (Phi) is 4.81. The first kappa shape index (κ1) is 14.9. The molecule has 4 nitrogen and oxygen atoms in total. The maximum atomic E-state index is 9.12. The van der Waals surface area contributed by atoms with Gasteiger partial charge in [0.25, 0.3) is 0 Å². The smallest absolute Gasteiger partial charge is 0.136 e. The zero-order valence-corrected chi connectivity index (χ0v) is 12.9. The standard InChI is InChI=1S/C16H12BrN3O/c1-21-16-5-2-11(6-13(16)9-19)10-20-15-4-3-14(17)7-12(15)8-18/h2-7,20H,10H2,1H3. The lowest BCUT2D eigenvalue weighted by Gasteiger charge is -2.10. The van der Waals surface area contributed by atoms with E-state index in [1.807, 2.05) is 18.2 Å². The fraction of sp³-hybridized carbons (Fsp3) is 0.125. The van der Waals surface area contributed by atoms with Crippen molar-refractivity contribution < 1.29 is 4.74 Å². The van der Waals surface area contributed by atoms with Gasteiger partial charge in [-0.2, -0.15) is 10.5 Å². The largest absolute Gasteiger partial charge is 0.495 e. The summed E-state index contributed by atoms with van der Waals surface area (Å²) >= 11 is 3.34. The Morgan fingerprint density at radius 2 is 1.86 bits per heavy atom. The zero-order chi connectivity index (χ0) is 15.2. The van der Waals surface area contributed by atoms with Crippen molar-refractivity contribution in [3.63, 3.8) is 0 Å². The molecule has 0 aliphatic carbocycles. The van der Waals surface area contributed by atoms with Crippen molar-refractivity contribution in [2.24, 2.45) is 0 Å². The first-order valence-corrected chi connectivity index (χ1v) is 6.97. The number of methoxy groups -OCH3 is 1. The van der Waals surface area contributed by atoms with Gasteiger partial charge in [0.2, 0.25) is 0 Å². The van der Waals surface area contributed by atoms with Gasteiger partial charge in [0, 0.05) is 11.0 Å². The quantitative estimate of drug-likeness (QED) is 0.917. The fourth-order valence-electron chi connectivity index (χ4n) is 1.91. The molecule has 0 spiro atoms. The highest BCUT2D eigenvalue weighted by Crippen LogP contribution is 2.22. The van der Waals surface area contributed by atoms with Gasteiger partial charge in [-0.3, -0.25) is 0 Å². The molecule has 0 atom stereocenters. The third-order valence-electron chi connectivity index (χ3n) is 2.97. The fourth-order valence-corrected chi connectivity index (χ4v) is 2.27. The summed E-state index contributed by atoms with van der Waals surface area (Å²) in [5.41, 5.74) is 2.76. The molecule has 21 heavy (non-hydrogen) atoms. The molecule has 0 amide bonds. The van der Waals surface area contributed by atoms with Gasteiger partial charge in [0.1, 0.15) is 17.9 Å². The van der Waals surface area contributed by atoms with E-state index in [0.717, 1.165) is 15.7 Å². The summed E-state index contributed by atoms with van der Waals surface area (Å²) in [4.78, 5) is 0. The number of ether oxygens (including phenoxy) is 1. The number of benzene rings is 2. The predicted molar refractivity (Wildman–Crippen MR) is 83.9 cm³/mol.